The standard InChI is InChI=1S/C16H24N2O6S/c1-5-25(20,21)18-8-6-17(7-9-18)16(19)12-10-13(22-2)15(24-4)14(11-12)23-3/h10-11H,5-9H2,1-4H3. The van der Waals surface area contributed by atoms with Gasteiger partial charge in [-0.25, -0.2) is 8.42 Å². The van der Waals surface area contributed by atoms with Crippen LogP contribution in [0.1, 0.15) is 17.3 Å². The van der Waals surface area contributed by atoms with Gasteiger partial charge in [-0.2, -0.15) is 4.31 Å². The van der Waals surface area contributed by atoms with Gasteiger partial charge < -0.3 is 19.1 Å². The molecule has 0 aliphatic carbocycles. The lowest BCUT2D eigenvalue weighted by Gasteiger charge is -2.34. The molecule has 0 atom stereocenters. The maximum Gasteiger partial charge on any atom is 0.254 e. The summed E-state index contributed by atoms with van der Waals surface area (Å²) in [5.41, 5.74) is 0.404. The molecule has 0 spiro atoms. The molecule has 140 valence electrons. The van der Waals surface area contributed by atoms with Crippen LogP contribution in [-0.4, -0.2) is 76.8 Å². The summed E-state index contributed by atoms with van der Waals surface area (Å²) < 4.78 is 41.0. The van der Waals surface area contributed by atoms with Crippen LogP contribution in [-0.2, 0) is 10.0 Å². The number of methoxy groups -OCH3 is 3. The largest absolute Gasteiger partial charge is 0.493 e. The maximum absolute atomic E-state index is 12.8. The number of nitrogens with zero attached hydrogens (tertiary/aromatic N) is 2. The van der Waals surface area contributed by atoms with Gasteiger partial charge in [0.1, 0.15) is 0 Å². The molecule has 0 aromatic heterocycles. The quantitative estimate of drug-likeness (QED) is 0.735. The second-order valence-electron chi connectivity index (χ2n) is 5.51. The van der Waals surface area contributed by atoms with Crippen LogP contribution >= 0.6 is 0 Å². The number of rotatable bonds is 6. The molecule has 0 saturated carbocycles. The van der Waals surface area contributed by atoms with Crippen molar-refractivity contribution in [3.63, 3.8) is 0 Å². The summed E-state index contributed by atoms with van der Waals surface area (Å²) in [7, 11) is 1.24. The molecule has 0 unspecified atom stereocenters. The minimum Gasteiger partial charge on any atom is -0.493 e. The van der Waals surface area contributed by atoms with Gasteiger partial charge in [0.25, 0.3) is 5.91 Å². The van der Waals surface area contributed by atoms with E-state index in [1.165, 1.54) is 25.6 Å². The van der Waals surface area contributed by atoms with Crippen LogP contribution in [0, 0.1) is 0 Å². The Balaban J connectivity index is 2.19. The Kier molecular flexibility index (Phi) is 6.12. The van der Waals surface area contributed by atoms with Crippen LogP contribution in [0.4, 0.5) is 0 Å². The minimum atomic E-state index is -3.23. The Morgan fingerprint density at radius 2 is 1.52 bits per heavy atom. The van der Waals surface area contributed by atoms with Gasteiger partial charge in [0.2, 0.25) is 15.8 Å². The number of hydrogen-bond acceptors (Lipinski definition) is 6. The highest BCUT2D eigenvalue weighted by Gasteiger charge is 2.29. The smallest absolute Gasteiger partial charge is 0.254 e. The Bertz CT molecular complexity index is 701. The molecule has 1 amide bonds. The molecule has 1 aliphatic rings. The molecule has 2 rings (SSSR count). The molecule has 0 radical (unpaired) electrons. The van der Waals surface area contributed by atoms with Crippen LogP contribution in [0.15, 0.2) is 12.1 Å². The Labute approximate surface area is 148 Å². The van der Waals surface area contributed by atoms with Crippen molar-refractivity contribution in [3.8, 4) is 17.2 Å². The first-order valence-corrected chi connectivity index (χ1v) is 9.56. The number of ether oxygens (including phenoxy) is 3. The van der Waals surface area contributed by atoms with Crippen LogP contribution in [0.2, 0.25) is 0 Å². The summed E-state index contributed by atoms with van der Waals surface area (Å²) in [6.07, 6.45) is 0. The third-order valence-corrected chi connectivity index (χ3v) is 6.08. The normalized spacial score (nSPS) is 15.8. The maximum atomic E-state index is 12.8. The van der Waals surface area contributed by atoms with Gasteiger partial charge in [-0.15, -0.1) is 0 Å². The van der Waals surface area contributed by atoms with Crippen LogP contribution in [0.25, 0.3) is 0 Å². The van der Waals surface area contributed by atoms with Crippen molar-refractivity contribution < 1.29 is 27.4 Å². The predicted molar refractivity (Wildman–Crippen MR) is 93.0 cm³/mol. The van der Waals surface area contributed by atoms with E-state index in [1.807, 2.05) is 0 Å². The summed E-state index contributed by atoms with van der Waals surface area (Å²) in [6.45, 7) is 2.89. The molecular weight excluding hydrogens is 348 g/mol. The monoisotopic (exact) mass is 372 g/mol. The summed E-state index contributed by atoms with van der Waals surface area (Å²) in [5.74, 6) is 1.08. The van der Waals surface area contributed by atoms with Crippen molar-refractivity contribution in [2.24, 2.45) is 0 Å². The SMILES string of the molecule is CCS(=O)(=O)N1CCN(C(=O)c2cc(OC)c(OC)c(OC)c2)CC1. The number of piperazine rings is 1. The average molecular weight is 372 g/mol. The first-order chi connectivity index (χ1) is 11.9. The van der Waals surface area contributed by atoms with Crippen molar-refractivity contribution in [1.82, 2.24) is 9.21 Å². The van der Waals surface area contributed by atoms with E-state index in [0.717, 1.165) is 0 Å². The zero-order chi connectivity index (χ0) is 18.6. The zero-order valence-corrected chi connectivity index (χ0v) is 15.8. The van der Waals surface area contributed by atoms with E-state index in [4.69, 9.17) is 14.2 Å². The number of carbonyl (C=O) groups excluding carboxylic acids is 1. The Morgan fingerprint density at radius 3 is 1.92 bits per heavy atom. The molecule has 1 aromatic carbocycles. The second-order valence-corrected chi connectivity index (χ2v) is 7.76. The summed E-state index contributed by atoms with van der Waals surface area (Å²) in [6, 6.07) is 3.19. The third kappa shape index (κ3) is 3.98. The van der Waals surface area contributed by atoms with Gasteiger partial charge in [0.15, 0.2) is 11.5 Å². The fourth-order valence-corrected chi connectivity index (χ4v) is 3.82. The van der Waals surface area contributed by atoms with Crippen LogP contribution in [0.5, 0.6) is 17.2 Å². The first kappa shape index (κ1) is 19.3. The fourth-order valence-electron chi connectivity index (χ4n) is 2.74. The third-order valence-electron chi connectivity index (χ3n) is 4.20. The first-order valence-electron chi connectivity index (χ1n) is 7.95. The molecule has 0 bridgehead atoms. The van der Waals surface area contributed by atoms with Gasteiger partial charge >= 0.3 is 0 Å². The average Bonchev–Trinajstić information content (AvgIpc) is 2.66. The number of sulfonamides is 1. The van der Waals surface area contributed by atoms with Crippen molar-refractivity contribution in [3.05, 3.63) is 17.7 Å². The molecule has 1 heterocycles. The van der Waals surface area contributed by atoms with Crippen molar-refractivity contribution in [2.75, 3.05) is 53.3 Å². The summed E-state index contributed by atoms with van der Waals surface area (Å²) >= 11 is 0. The topological polar surface area (TPSA) is 85.4 Å². The van der Waals surface area contributed by atoms with Crippen LogP contribution in [0.3, 0.4) is 0 Å². The fraction of sp³-hybridized carbons (Fsp3) is 0.562. The lowest BCUT2D eigenvalue weighted by atomic mass is 10.1. The van der Waals surface area contributed by atoms with Gasteiger partial charge in [-0.1, -0.05) is 0 Å². The van der Waals surface area contributed by atoms with Gasteiger partial charge in [0, 0.05) is 31.7 Å². The highest BCUT2D eigenvalue weighted by atomic mass is 32.2. The lowest BCUT2D eigenvalue weighted by molar-refractivity contribution is 0.0697. The van der Waals surface area contributed by atoms with E-state index in [1.54, 1.807) is 24.0 Å². The van der Waals surface area contributed by atoms with Crippen molar-refractivity contribution in [2.45, 2.75) is 6.92 Å². The molecule has 25 heavy (non-hydrogen) atoms. The molecule has 1 aromatic rings. The second kappa shape index (κ2) is 7.92. The number of amides is 1. The van der Waals surface area contributed by atoms with Crippen LogP contribution < -0.4 is 14.2 Å². The molecule has 9 heteroatoms. The number of hydrogen-bond donors (Lipinski definition) is 0. The number of carbonyl (C=O) groups is 1. The predicted octanol–water partition coefficient (Wildman–Crippen LogP) is 0.820. The molecule has 1 aliphatic heterocycles. The minimum absolute atomic E-state index is 0.0633. The van der Waals surface area contributed by atoms with E-state index in [0.29, 0.717) is 49.0 Å². The Hall–Kier alpha value is -2.00. The van der Waals surface area contributed by atoms with Gasteiger partial charge in [0.05, 0.1) is 27.1 Å². The summed E-state index contributed by atoms with van der Waals surface area (Å²) in [4.78, 5) is 14.4. The lowest BCUT2D eigenvalue weighted by Crippen LogP contribution is -2.50. The van der Waals surface area contributed by atoms with Gasteiger partial charge in [-0.05, 0) is 19.1 Å². The van der Waals surface area contributed by atoms with Gasteiger partial charge in [-0.3, -0.25) is 4.79 Å². The molecule has 0 N–H and O–H groups in total. The van der Waals surface area contributed by atoms with E-state index < -0.39 is 10.0 Å². The number of benzene rings is 1. The van der Waals surface area contributed by atoms with Crippen molar-refractivity contribution >= 4 is 15.9 Å². The molecular formula is C16H24N2O6S. The Morgan fingerprint density at radius 1 is 1.00 bits per heavy atom. The summed E-state index contributed by atoms with van der Waals surface area (Å²) in [5, 5.41) is 0. The van der Waals surface area contributed by atoms with Crippen molar-refractivity contribution in [1.29, 1.82) is 0 Å². The van der Waals surface area contributed by atoms with E-state index in [9.17, 15) is 13.2 Å². The highest BCUT2D eigenvalue weighted by Crippen LogP contribution is 2.38. The van der Waals surface area contributed by atoms with E-state index >= 15 is 0 Å². The molecule has 8 nitrogen and oxygen atoms in total. The van der Waals surface area contributed by atoms with E-state index in [-0.39, 0.29) is 11.7 Å². The molecule has 1 fully saturated rings. The molecule has 1 saturated heterocycles. The van der Waals surface area contributed by atoms with E-state index in [2.05, 4.69) is 0 Å². The highest BCUT2D eigenvalue weighted by molar-refractivity contribution is 7.89. The zero-order valence-electron chi connectivity index (χ0n) is 14.9.